The number of hydrogen-bond acceptors (Lipinski definition) is 2. The normalized spacial score (nSPS) is 13.7. The molecule has 0 saturated carbocycles. The Morgan fingerprint density at radius 3 is 2.15 bits per heavy atom. The number of para-hydroxylation sites is 1. The number of rotatable bonds is 1. The first-order chi connectivity index (χ1) is 16.9. The molecule has 0 N–H and O–H groups in total. The van der Waals surface area contributed by atoms with Gasteiger partial charge < -0.3 is 14.0 Å². The molecule has 34 heavy (non-hydrogen) atoms. The second-order valence-electron chi connectivity index (χ2n) is 9.27. The van der Waals surface area contributed by atoms with Gasteiger partial charge in [-0.1, -0.05) is 60.7 Å². The summed E-state index contributed by atoms with van der Waals surface area (Å²) in [5.74, 6) is 3.65. The zero-order valence-electron chi connectivity index (χ0n) is 18.1. The van der Waals surface area contributed by atoms with Gasteiger partial charge in [0.25, 0.3) is 6.71 Å². The van der Waals surface area contributed by atoms with Crippen LogP contribution in [0.3, 0.4) is 0 Å². The summed E-state index contributed by atoms with van der Waals surface area (Å²) in [6.45, 7) is 0.0963. The maximum absolute atomic E-state index is 6.63. The molecule has 156 valence electrons. The molecule has 1 aromatic heterocycles. The molecule has 0 spiro atoms. The van der Waals surface area contributed by atoms with E-state index < -0.39 is 0 Å². The van der Waals surface area contributed by atoms with Crippen molar-refractivity contribution in [2.45, 2.75) is 0 Å². The summed E-state index contributed by atoms with van der Waals surface area (Å²) in [6.07, 6.45) is 0. The lowest BCUT2D eigenvalue weighted by molar-refractivity contribution is 0.464. The van der Waals surface area contributed by atoms with Gasteiger partial charge in [0.05, 0.1) is 11.0 Å². The van der Waals surface area contributed by atoms with Crippen LogP contribution in [0.25, 0.3) is 38.6 Å². The molecular weight excluding hydrogens is 417 g/mol. The minimum atomic E-state index is 0.0963. The van der Waals surface area contributed by atoms with Crippen molar-refractivity contribution in [2.75, 3.05) is 0 Å². The fraction of sp³-hybridized carbons (Fsp3) is 0. The highest BCUT2D eigenvalue weighted by Crippen LogP contribution is 2.46. The summed E-state index contributed by atoms with van der Waals surface area (Å²) in [5.41, 5.74) is 9.66. The lowest BCUT2D eigenvalue weighted by atomic mass is 9.33. The van der Waals surface area contributed by atoms with Gasteiger partial charge in [-0.3, -0.25) is 0 Å². The van der Waals surface area contributed by atoms with E-state index in [0.717, 1.165) is 28.5 Å². The number of ether oxygens (including phenoxy) is 2. The van der Waals surface area contributed by atoms with Crippen LogP contribution in [0.2, 0.25) is 0 Å². The fourth-order valence-electron chi connectivity index (χ4n) is 6.39. The van der Waals surface area contributed by atoms with Gasteiger partial charge in [0.15, 0.2) is 0 Å². The minimum absolute atomic E-state index is 0.0963. The Morgan fingerprint density at radius 1 is 0.588 bits per heavy atom. The van der Waals surface area contributed by atoms with Gasteiger partial charge in [-0.25, -0.2) is 0 Å². The Hall–Kier alpha value is -4.44. The molecule has 3 nitrogen and oxygen atoms in total. The minimum Gasteiger partial charge on any atom is -0.458 e. The van der Waals surface area contributed by atoms with Crippen LogP contribution in [0.15, 0.2) is 97.1 Å². The molecular formula is C30H16BNO2. The molecule has 0 fully saturated rings. The molecule has 0 unspecified atom stereocenters. The van der Waals surface area contributed by atoms with Gasteiger partial charge in [0.2, 0.25) is 0 Å². The lowest BCUT2D eigenvalue weighted by Crippen LogP contribution is -2.60. The SMILES string of the molecule is c1ccc(-c2cc3c4c5c2c2ccccc2n5-c2cccc5c2B4c2c(cccc2O3)O5)cc1. The van der Waals surface area contributed by atoms with E-state index in [1.54, 1.807) is 0 Å². The summed E-state index contributed by atoms with van der Waals surface area (Å²) in [6, 6.07) is 34.2. The first kappa shape index (κ1) is 17.1. The largest absolute Gasteiger partial charge is 0.458 e. The van der Waals surface area contributed by atoms with Crippen LogP contribution >= 0.6 is 0 Å². The summed E-state index contributed by atoms with van der Waals surface area (Å²) in [7, 11) is 0. The van der Waals surface area contributed by atoms with Crippen molar-refractivity contribution in [2.24, 2.45) is 0 Å². The smallest absolute Gasteiger partial charge is 0.266 e. The first-order valence-corrected chi connectivity index (χ1v) is 11.7. The number of aromatic nitrogens is 1. The maximum atomic E-state index is 6.63. The van der Waals surface area contributed by atoms with Crippen molar-refractivity contribution in [3.05, 3.63) is 97.1 Å². The van der Waals surface area contributed by atoms with E-state index >= 15 is 0 Å². The van der Waals surface area contributed by atoms with Crippen molar-refractivity contribution in [3.63, 3.8) is 0 Å². The monoisotopic (exact) mass is 433 g/mol. The summed E-state index contributed by atoms with van der Waals surface area (Å²) >= 11 is 0. The molecule has 3 aliphatic heterocycles. The Bertz CT molecular complexity index is 1870. The number of benzene rings is 5. The Kier molecular flexibility index (Phi) is 2.88. The predicted molar refractivity (Wildman–Crippen MR) is 137 cm³/mol. The van der Waals surface area contributed by atoms with E-state index in [1.165, 1.54) is 49.5 Å². The third-order valence-corrected chi connectivity index (χ3v) is 7.64. The van der Waals surface area contributed by atoms with Crippen LogP contribution in [0.5, 0.6) is 23.0 Å². The molecule has 4 heterocycles. The summed E-state index contributed by atoms with van der Waals surface area (Å²) in [5, 5.41) is 2.54. The van der Waals surface area contributed by atoms with Crippen molar-refractivity contribution >= 4 is 44.9 Å². The van der Waals surface area contributed by atoms with E-state index in [9.17, 15) is 0 Å². The maximum Gasteiger partial charge on any atom is 0.266 e. The molecule has 6 aromatic rings. The van der Waals surface area contributed by atoms with Gasteiger partial charge in [-0.2, -0.15) is 0 Å². The van der Waals surface area contributed by atoms with Gasteiger partial charge in [-0.15, -0.1) is 0 Å². The average molecular weight is 433 g/mol. The Balaban J connectivity index is 1.57. The highest BCUT2D eigenvalue weighted by Gasteiger charge is 2.46. The zero-order chi connectivity index (χ0) is 22.0. The highest BCUT2D eigenvalue weighted by atomic mass is 16.5. The van der Waals surface area contributed by atoms with Crippen LogP contribution in [0, 0.1) is 0 Å². The first-order valence-electron chi connectivity index (χ1n) is 11.7. The van der Waals surface area contributed by atoms with Crippen LogP contribution in [0.1, 0.15) is 0 Å². The van der Waals surface area contributed by atoms with Crippen molar-refractivity contribution in [1.82, 2.24) is 4.57 Å². The molecule has 0 atom stereocenters. The predicted octanol–water partition coefficient (Wildman–Crippen LogP) is 5.49. The molecule has 9 rings (SSSR count). The average Bonchev–Trinajstić information content (AvgIpc) is 3.24. The molecule has 0 saturated heterocycles. The topological polar surface area (TPSA) is 23.4 Å². The molecule has 0 bridgehead atoms. The molecule has 5 aromatic carbocycles. The van der Waals surface area contributed by atoms with E-state index in [0.29, 0.717) is 0 Å². The summed E-state index contributed by atoms with van der Waals surface area (Å²) < 4.78 is 15.5. The third kappa shape index (κ3) is 1.85. The number of hydrogen-bond donors (Lipinski definition) is 0. The Morgan fingerprint density at radius 2 is 1.29 bits per heavy atom. The summed E-state index contributed by atoms with van der Waals surface area (Å²) in [4.78, 5) is 0. The van der Waals surface area contributed by atoms with Gasteiger partial charge in [0, 0.05) is 21.9 Å². The molecule has 4 heteroatoms. The van der Waals surface area contributed by atoms with Gasteiger partial charge in [-0.05, 0) is 58.5 Å². The highest BCUT2D eigenvalue weighted by molar-refractivity contribution is 7.00. The van der Waals surface area contributed by atoms with Crippen LogP contribution in [-0.2, 0) is 0 Å². The van der Waals surface area contributed by atoms with E-state index in [2.05, 4.69) is 95.6 Å². The third-order valence-electron chi connectivity index (χ3n) is 7.64. The van der Waals surface area contributed by atoms with Crippen LogP contribution in [-0.4, -0.2) is 11.3 Å². The second kappa shape index (κ2) is 5.73. The van der Waals surface area contributed by atoms with Crippen molar-refractivity contribution < 1.29 is 9.47 Å². The molecule has 0 aliphatic carbocycles. The second-order valence-corrected chi connectivity index (χ2v) is 9.27. The van der Waals surface area contributed by atoms with Crippen molar-refractivity contribution in [3.8, 4) is 39.8 Å². The van der Waals surface area contributed by atoms with Crippen LogP contribution in [0.4, 0.5) is 0 Å². The molecule has 3 aliphatic rings. The molecule has 0 radical (unpaired) electrons. The van der Waals surface area contributed by atoms with E-state index in [-0.39, 0.29) is 6.71 Å². The molecule has 0 amide bonds. The Labute approximate surface area is 195 Å². The van der Waals surface area contributed by atoms with E-state index in [4.69, 9.17) is 9.47 Å². The van der Waals surface area contributed by atoms with Crippen LogP contribution < -0.4 is 25.9 Å². The number of nitrogens with zero attached hydrogens (tertiary/aromatic N) is 1. The van der Waals surface area contributed by atoms with Gasteiger partial charge in [0.1, 0.15) is 23.0 Å². The fourth-order valence-corrected chi connectivity index (χ4v) is 6.39. The standard InChI is InChI=1S/C30H16BNO2/c1-2-8-17(9-3-1)19-16-25-29-30-26(19)18-10-4-5-11-20(18)32(30)21-12-6-13-22-27(21)31(29)28-23(33-22)14-7-15-24(28)34-25/h1-16H. The number of fused-ring (bicyclic) bond motifs is 4. The van der Waals surface area contributed by atoms with E-state index in [1.807, 2.05) is 6.07 Å². The van der Waals surface area contributed by atoms with Crippen molar-refractivity contribution in [1.29, 1.82) is 0 Å². The quantitative estimate of drug-likeness (QED) is 0.320. The lowest BCUT2D eigenvalue weighted by Gasteiger charge is -2.37. The zero-order valence-corrected chi connectivity index (χ0v) is 18.1. The van der Waals surface area contributed by atoms with Gasteiger partial charge >= 0.3 is 0 Å².